The van der Waals surface area contributed by atoms with Gasteiger partial charge in [-0.15, -0.1) is 11.3 Å². The summed E-state index contributed by atoms with van der Waals surface area (Å²) < 4.78 is 1.84. The maximum absolute atomic E-state index is 12.0. The Hall–Kier alpha value is -0.170. The molecule has 6 heteroatoms. The fourth-order valence-electron chi connectivity index (χ4n) is 1.47. The van der Waals surface area contributed by atoms with Crippen molar-refractivity contribution in [3.63, 3.8) is 0 Å². The van der Waals surface area contributed by atoms with Crippen molar-refractivity contribution in [1.82, 2.24) is 5.32 Å². The largest absolute Gasteiger partial charge is 0.347 e. The van der Waals surface area contributed by atoms with Crippen LogP contribution in [0.4, 0.5) is 0 Å². The smallest absolute Gasteiger partial charge is 0.261 e. The molecular formula is C13H10Br3NOS. The highest BCUT2D eigenvalue weighted by Crippen LogP contribution is 2.32. The van der Waals surface area contributed by atoms with E-state index in [4.69, 9.17) is 0 Å². The minimum atomic E-state index is -0.0547. The molecule has 1 amide bonds. The lowest BCUT2D eigenvalue weighted by atomic mass is 10.1. The minimum Gasteiger partial charge on any atom is -0.347 e. The van der Waals surface area contributed by atoms with Crippen LogP contribution in [0.2, 0.25) is 0 Å². The number of hydrogen-bond donors (Lipinski definition) is 1. The summed E-state index contributed by atoms with van der Waals surface area (Å²) in [5.41, 5.74) is 2.31. The average molecular weight is 468 g/mol. The molecule has 1 N–H and O–H groups in total. The van der Waals surface area contributed by atoms with Crippen molar-refractivity contribution in [2.75, 3.05) is 0 Å². The fourth-order valence-corrected chi connectivity index (χ4v) is 3.80. The van der Waals surface area contributed by atoms with Crippen molar-refractivity contribution in [1.29, 1.82) is 0 Å². The molecule has 1 heterocycles. The lowest BCUT2D eigenvalue weighted by Crippen LogP contribution is -2.21. The van der Waals surface area contributed by atoms with Crippen molar-refractivity contribution in [2.45, 2.75) is 11.9 Å². The number of carbonyl (C=O) groups excluding carboxylic acids is 1. The zero-order valence-electron chi connectivity index (χ0n) is 9.75. The molecule has 0 saturated carbocycles. The predicted octanol–water partition coefficient (Wildman–Crippen LogP) is 5.10. The Morgan fingerprint density at radius 2 is 1.79 bits per heavy atom. The van der Waals surface area contributed by atoms with Gasteiger partial charge in [0.1, 0.15) is 0 Å². The van der Waals surface area contributed by atoms with Gasteiger partial charge >= 0.3 is 0 Å². The zero-order valence-corrected chi connectivity index (χ0v) is 15.3. The van der Waals surface area contributed by atoms with E-state index in [2.05, 4.69) is 65.2 Å². The van der Waals surface area contributed by atoms with Crippen molar-refractivity contribution < 1.29 is 4.79 Å². The Labute approximate surface area is 141 Å². The summed E-state index contributed by atoms with van der Waals surface area (Å²) in [5, 5.41) is 3.76. The van der Waals surface area contributed by atoms with E-state index in [9.17, 15) is 4.79 Å². The first-order chi connectivity index (χ1) is 9.10. The minimum absolute atomic E-state index is 0.0547. The molecule has 0 fully saturated rings. The molecule has 19 heavy (non-hydrogen) atoms. The fraction of sp³-hybridized carbons (Fsp3) is 0.154. The second kappa shape index (κ2) is 7.02. The van der Waals surface area contributed by atoms with Gasteiger partial charge in [-0.2, -0.15) is 0 Å². The van der Waals surface area contributed by atoms with Crippen LogP contribution in [0.3, 0.4) is 0 Å². The normalized spacial score (nSPS) is 10.5. The Bertz CT molecular complexity index is 561. The van der Waals surface area contributed by atoms with Crippen LogP contribution in [0.25, 0.3) is 0 Å². The van der Waals surface area contributed by atoms with Gasteiger partial charge in [0, 0.05) is 16.3 Å². The summed E-state index contributed by atoms with van der Waals surface area (Å²) in [5.74, 6) is -0.0547. The van der Waals surface area contributed by atoms with Gasteiger partial charge in [-0.05, 0) is 49.1 Å². The van der Waals surface area contributed by atoms with Gasteiger partial charge in [0.2, 0.25) is 0 Å². The first-order valence-electron chi connectivity index (χ1n) is 5.47. The summed E-state index contributed by atoms with van der Waals surface area (Å²) in [6.07, 6.45) is 0. The summed E-state index contributed by atoms with van der Waals surface area (Å²) in [6.45, 7) is 0.536. The Morgan fingerprint density at radius 1 is 1.16 bits per heavy atom. The third-order valence-corrected chi connectivity index (χ3v) is 6.40. The number of amides is 1. The highest BCUT2D eigenvalue weighted by atomic mass is 79.9. The molecular weight excluding hydrogens is 458 g/mol. The van der Waals surface area contributed by atoms with Crippen LogP contribution < -0.4 is 5.32 Å². The molecule has 1 aromatic heterocycles. The van der Waals surface area contributed by atoms with Gasteiger partial charge in [0.15, 0.2) is 0 Å². The highest BCUT2D eigenvalue weighted by Gasteiger charge is 2.11. The molecule has 0 atom stereocenters. The molecule has 0 saturated heterocycles. The van der Waals surface area contributed by atoms with Crippen molar-refractivity contribution in [3.8, 4) is 0 Å². The number of alkyl halides is 1. The van der Waals surface area contributed by atoms with E-state index in [-0.39, 0.29) is 5.91 Å². The van der Waals surface area contributed by atoms with Gasteiger partial charge in [0.05, 0.1) is 8.66 Å². The average Bonchev–Trinajstić information content (AvgIpc) is 2.77. The van der Waals surface area contributed by atoms with Crippen molar-refractivity contribution in [2.24, 2.45) is 0 Å². The maximum atomic E-state index is 12.0. The second-order valence-electron chi connectivity index (χ2n) is 3.87. The van der Waals surface area contributed by atoms with E-state index in [1.807, 2.05) is 18.2 Å². The number of halogens is 3. The Kier molecular flexibility index (Phi) is 5.62. The van der Waals surface area contributed by atoms with Crippen LogP contribution in [-0.4, -0.2) is 5.91 Å². The monoisotopic (exact) mass is 465 g/mol. The molecule has 0 bridgehead atoms. The molecule has 0 aliphatic rings. The molecule has 2 aromatic rings. The quantitative estimate of drug-likeness (QED) is 0.623. The molecule has 2 nitrogen and oxygen atoms in total. The van der Waals surface area contributed by atoms with E-state index in [0.717, 1.165) is 19.2 Å². The molecule has 100 valence electrons. The summed E-state index contributed by atoms with van der Waals surface area (Å²) >= 11 is 11.6. The van der Waals surface area contributed by atoms with Gasteiger partial charge in [0.25, 0.3) is 5.91 Å². The van der Waals surface area contributed by atoms with Crippen LogP contribution in [0, 0.1) is 0 Å². The third-order valence-electron chi connectivity index (χ3n) is 2.50. The van der Waals surface area contributed by atoms with Gasteiger partial charge in [-0.1, -0.05) is 40.2 Å². The second-order valence-corrected chi connectivity index (χ2v) is 7.65. The first-order valence-corrected chi connectivity index (χ1v) is 8.99. The number of benzene rings is 1. The molecule has 0 unspecified atom stereocenters. The molecule has 0 radical (unpaired) electrons. The summed E-state index contributed by atoms with van der Waals surface area (Å²) in [6, 6.07) is 9.97. The van der Waals surface area contributed by atoms with Gasteiger partial charge in [-0.3, -0.25) is 4.79 Å². The lowest BCUT2D eigenvalue weighted by Gasteiger charge is -2.04. The standard InChI is InChI=1S/C13H10Br3NOS/c14-6-8-1-3-9(4-2-8)7-17-13(18)11-5-10(15)12(16)19-11/h1-5H,6-7H2,(H,17,18). The van der Waals surface area contributed by atoms with Crippen LogP contribution in [0.5, 0.6) is 0 Å². The number of hydrogen-bond acceptors (Lipinski definition) is 2. The molecule has 0 aliphatic carbocycles. The Balaban J connectivity index is 1.96. The van der Waals surface area contributed by atoms with Gasteiger partial charge in [-0.25, -0.2) is 0 Å². The zero-order chi connectivity index (χ0) is 13.8. The summed E-state index contributed by atoms with van der Waals surface area (Å²) in [7, 11) is 0. The maximum Gasteiger partial charge on any atom is 0.261 e. The van der Waals surface area contributed by atoms with E-state index >= 15 is 0 Å². The lowest BCUT2D eigenvalue weighted by molar-refractivity contribution is 0.0955. The molecule has 2 rings (SSSR count). The van der Waals surface area contributed by atoms with E-state index in [1.165, 1.54) is 16.9 Å². The summed E-state index contributed by atoms with van der Waals surface area (Å²) in [4.78, 5) is 12.6. The topological polar surface area (TPSA) is 29.1 Å². The number of rotatable bonds is 4. The van der Waals surface area contributed by atoms with E-state index in [1.54, 1.807) is 0 Å². The van der Waals surface area contributed by atoms with E-state index in [0.29, 0.717) is 11.4 Å². The van der Waals surface area contributed by atoms with Crippen LogP contribution in [0.15, 0.2) is 38.6 Å². The number of nitrogens with one attached hydrogen (secondary N) is 1. The van der Waals surface area contributed by atoms with Crippen molar-refractivity contribution in [3.05, 3.63) is 54.6 Å². The SMILES string of the molecule is O=C(NCc1ccc(CBr)cc1)c1cc(Br)c(Br)s1. The Morgan fingerprint density at radius 3 is 2.32 bits per heavy atom. The van der Waals surface area contributed by atoms with Crippen LogP contribution in [0.1, 0.15) is 20.8 Å². The van der Waals surface area contributed by atoms with Crippen molar-refractivity contribution >= 4 is 65.0 Å². The molecule has 0 spiro atoms. The van der Waals surface area contributed by atoms with Crippen LogP contribution in [-0.2, 0) is 11.9 Å². The number of carbonyl (C=O) groups is 1. The number of thiophene rings is 1. The highest BCUT2D eigenvalue weighted by molar-refractivity contribution is 9.13. The van der Waals surface area contributed by atoms with Gasteiger partial charge < -0.3 is 5.32 Å². The molecule has 0 aliphatic heterocycles. The third kappa shape index (κ3) is 4.15. The van der Waals surface area contributed by atoms with Crippen LogP contribution >= 0.6 is 59.1 Å². The predicted molar refractivity (Wildman–Crippen MR) is 90.0 cm³/mol. The molecule has 1 aromatic carbocycles. The first kappa shape index (κ1) is 15.2. The van der Waals surface area contributed by atoms with E-state index < -0.39 is 0 Å².